The van der Waals surface area contributed by atoms with Crippen LogP contribution in [0.3, 0.4) is 0 Å². The second-order valence-corrected chi connectivity index (χ2v) is 7.15. The molecule has 3 aromatic carbocycles. The zero-order valence-electron chi connectivity index (χ0n) is 16.1. The molecule has 0 saturated carbocycles. The highest BCUT2D eigenvalue weighted by Gasteiger charge is 2.12. The van der Waals surface area contributed by atoms with Gasteiger partial charge in [0.05, 0.1) is 5.56 Å². The number of hydrogen-bond donors (Lipinski definition) is 4. The molecule has 0 atom stereocenters. The van der Waals surface area contributed by atoms with Crippen molar-refractivity contribution in [3.8, 4) is 0 Å². The largest absolute Gasteiger partial charge is 0.323 e. The fraction of sp³-hybridized carbons (Fsp3) is 0. The van der Waals surface area contributed by atoms with Crippen LogP contribution in [0.5, 0.6) is 0 Å². The molecule has 0 radical (unpaired) electrons. The smallest absolute Gasteiger partial charge is 0.322 e. The number of fused-ring (bicyclic) bond motifs is 1. The summed E-state index contributed by atoms with van der Waals surface area (Å²) < 4.78 is 0. The van der Waals surface area contributed by atoms with Gasteiger partial charge in [0, 0.05) is 39.1 Å². The maximum Gasteiger partial charge on any atom is 0.323 e. The van der Waals surface area contributed by atoms with E-state index in [0.29, 0.717) is 33.0 Å². The van der Waals surface area contributed by atoms with Gasteiger partial charge in [0.1, 0.15) is 0 Å². The lowest BCUT2D eigenvalue weighted by Crippen LogP contribution is -2.19. The molecular weight excluding hydrogens is 416 g/mol. The quantitative estimate of drug-likeness (QED) is 0.361. The number of rotatable bonds is 4. The first-order chi connectivity index (χ1) is 15.0. The third-order valence-corrected chi connectivity index (χ3v) is 4.71. The number of para-hydroxylation sites is 1. The number of H-pyrrole nitrogens is 1. The lowest BCUT2D eigenvalue weighted by atomic mass is 10.1. The van der Waals surface area contributed by atoms with Crippen molar-refractivity contribution in [3.05, 3.63) is 99.8 Å². The summed E-state index contributed by atoms with van der Waals surface area (Å²) in [6.45, 7) is 0. The fourth-order valence-corrected chi connectivity index (χ4v) is 3.28. The van der Waals surface area contributed by atoms with Crippen LogP contribution in [0, 0.1) is 0 Å². The van der Waals surface area contributed by atoms with Gasteiger partial charge in [-0.1, -0.05) is 35.9 Å². The summed E-state index contributed by atoms with van der Waals surface area (Å²) in [5.41, 5.74) is 2.15. The van der Waals surface area contributed by atoms with E-state index in [-0.39, 0.29) is 11.1 Å². The van der Waals surface area contributed by atoms with Crippen molar-refractivity contribution in [2.24, 2.45) is 0 Å². The highest BCUT2D eigenvalue weighted by molar-refractivity contribution is 6.30. The van der Waals surface area contributed by atoms with E-state index in [1.165, 1.54) is 6.07 Å². The van der Waals surface area contributed by atoms with E-state index in [4.69, 9.17) is 11.6 Å². The third-order valence-electron chi connectivity index (χ3n) is 4.48. The molecule has 3 amide bonds. The number of hydrogen-bond acceptors (Lipinski definition) is 3. The fourth-order valence-electron chi connectivity index (χ4n) is 3.09. The summed E-state index contributed by atoms with van der Waals surface area (Å²) in [5, 5.41) is 9.33. The third kappa shape index (κ3) is 4.91. The monoisotopic (exact) mass is 432 g/mol. The lowest BCUT2D eigenvalue weighted by Gasteiger charge is -2.10. The minimum atomic E-state index is -0.422. The number of pyridine rings is 1. The number of anilines is 3. The summed E-state index contributed by atoms with van der Waals surface area (Å²) in [6.07, 6.45) is 0. The van der Waals surface area contributed by atoms with Crippen LogP contribution in [0.2, 0.25) is 5.02 Å². The summed E-state index contributed by atoms with van der Waals surface area (Å²) >= 11 is 5.91. The number of carbonyl (C=O) groups excluding carboxylic acids is 2. The summed E-state index contributed by atoms with van der Waals surface area (Å²) in [4.78, 5) is 39.4. The van der Waals surface area contributed by atoms with Gasteiger partial charge in [0.15, 0.2) is 0 Å². The van der Waals surface area contributed by atoms with Gasteiger partial charge < -0.3 is 20.9 Å². The minimum Gasteiger partial charge on any atom is -0.322 e. The van der Waals surface area contributed by atoms with Gasteiger partial charge in [0.2, 0.25) is 5.56 Å². The molecule has 0 spiro atoms. The highest BCUT2D eigenvalue weighted by atomic mass is 35.5. The van der Waals surface area contributed by atoms with Gasteiger partial charge >= 0.3 is 6.03 Å². The van der Waals surface area contributed by atoms with E-state index in [1.807, 2.05) is 0 Å². The zero-order valence-corrected chi connectivity index (χ0v) is 16.9. The Labute approximate surface area is 182 Å². The number of urea groups is 1. The molecule has 0 aliphatic rings. The van der Waals surface area contributed by atoms with Crippen molar-refractivity contribution in [2.75, 3.05) is 16.0 Å². The van der Waals surface area contributed by atoms with E-state index in [2.05, 4.69) is 20.9 Å². The first-order valence-electron chi connectivity index (χ1n) is 9.35. The molecule has 0 fully saturated rings. The van der Waals surface area contributed by atoms with Crippen LogP contribution in [0.15, 0.2) is 83.7 Å². The Hall–Kier alpha value is -4.10. The number of benzene rings is 3. The maximum atomic E-state index is 12.7. The van der Waals surface area contributed by atoms with Gasteiger partial charge in [-0.15, -0.1) is 0 Å². The highest BCUT2D eigenvalue weighted by Crippen LogP contribution is 2.19. The van der Waals surface area contributed by atoms with Crippen LogP contribution < -0.4 is 21.5 Å². The van der Waals surface area contributed by atoms with E-state index >= 15 is 0 Å². The van der Waals surface area contributed by atoms with Crippen LogP contribution >= 0.6 is 11.6 Å². The van der Waals surface area contributed by atoms with Gasteiger partial charge in [0.25, 0.3) is 5.91 Å². The number of carbonyl (C=O) groups is 2. The van der Waals surface area contributed by atoms with Crippen molar-refractivity contribution in [1.29, 1.82) is 0 Å². The number of halogens is 1. The molecule has 0 unspecified atom stereocenters. The predicted octanol–water partition coefficient (Wildman–Crippen LogP) is 5.08. The first-order valence-corrected chi connectivity index (χ1v) is 9.73. The molecule has 4 rings (SSSR count). The number of aromatic amines is 1. The molecule has 0 aliphatic carbocycles. The summed E-state index contributed by atoms with van der Waals surface area (Å²) in [5.74, 6) is -0.401. The summed E-state index contributed by atoms with van der Waals surface area (Å²) in [6, 6.07) is 21.4. The second-order valence-electron chi connectivity index (χ2n) is 6.71. The van der Waals surface area contributed by atoms with Crippen LogP contribution in [0.1, 0.15) is 10.4 Å². The average molecular weight is 433 g/mol. The molecule has 4 N–H and O–H groups in total. The van der Waals surface area contributed by atoms with Crippen molar-refractivity contribution < 1.29 is 9.59 Å². The van der Waals surface area contributed by atoms with Gasteiger partial charge in [-0.3, -0.25) is 9.59 Å². The zero-order chi connectivity index (χ0) is 21.8. The molecule has 31 heavy (non-hydrogen) atoms. The molecule has 0 saturated heterocycles. The minimum absolute atomic E-state index is 0.280. The van der Waals surface area contributed by atoms with E-state index in [1.54, 1.807) is 72.8 Å². The van der Waals surface area contributed by atoms with Gasteiger partial charge in [-0.05, 0) is 48.5 Å². The van der Waals surface area contributed by atoms with E-state index in [0.717, 1.165) is 0 Å². The lowest BCUT2D eigenvalue weighted by molar-refractivity contribution is 0.102. The Morgan fingerprint density at radius 1 is 0.742 bits per heavy atom. The normalized spacial score (nSPS) is 10.5. The van der Waals surface area contributed by atoms with Gasteiger partial charge in [-0.25, -0.2) is 4.79 Å². The predicted molar refractivity (Wildman–Crippen MR) is 123 cm³/mol. The van der Waals surface area contributed by atoms with Gasteiger partial charge in [-0.2, -0.15) is 0 Å². The molecule has 8 heteroatoms. The molecule has 154 valence electrons. The SMILES string of the molecule is O=C(Nc1ccc(NC(=O)c2cc(=O)[nH]c3ccccc23)cc1)Nc1cccc(Cl)c1. The average Bonchev–Trinajstić information content (AvgIpc) is 2.74. The Morgan fingerprint density at radius 2 is 1.42 bits per heavy atom. The Balaban J connectivity index is 1.44. The maximum absolute atomic E-state index is 12.7. The van der Waals surface area contributed by atoms with Crippen LogP contribution in [0.4, 0.5) is 21.9 Å². The molecule has 7 nitrogen and oxygen atoms in total. The van der Waals surface area contributed by atoms with Crippen molar-refractivity contribution in [2.45, 2.75) is 0 Å². The molecule has 0 aliphatic heterocycles. The second kappa shape index (κ2) is 8.73. The van der Waals surface area contributed by atoms with Crippen molar-refractivity contribution in [3.63, 3.8) is 0 Å². The Morgan fingerprint density at radius 3 is 2.16 bits per heavy atom. The van der Waals surface area contributed by atoms with Crippen molar-refractivity contribution >= 4 is 51.5 Å². The molecule has 1 aromatic heterocycles. The van der Waals surface area contributed by atoms with Crippen LogP contribution in [0.25, 0.3) is 10.9 Å². The molecule has 4 aromatic rings. The van der Waals surface area contributed by atoms with Crippen LogP contribution in [-0.4, -0.2) is 16.9 Å². The first kappa shape index (κ1) is 20.2. The van der Waals surface area contributed by atoms with Crippen molar-refractivity contribution in [1.82, 2.24) is 4.98 Å². The topological polar surface area (TPSA) is 103 Å². The van der Waals surface area contributed by atoms with Crippen LogP contribution in [-0.2, 0) is 0 Å². The molecule has 1 heterocycles. The van der Waals surface area contributed by atoms with E-state index < -0.39 is 11.9 Å². The standard InChI is InChI=1S/C23H17ClN4O3/c24-14-4-3-5-17(12-14)27-23(31)26-16-10-8-15(9-11-16)25-22(30)19-13-21(29)28-20-7-2-1-6-18(19)20/h1-13H,(H,25,30)(H,28,29)(H2,26,27,31). The number of aromatic nitrogens is 1. The summed E-state index contributed by atoms with van der Waals surface area (Å²) in [7, 11) is 0. The Kier molecular flexibility index (Phi) is 5.68. The molecule has 0 bridgehead atoms. The molecular formula is C23H17ClN4O3. The number of amides is 3. The number of nitrogens with one attached hydrogen (secondary N) is 4. The van der Waals surface area contributed by atoms with E-state index in [9.17, 15) is 14.4 Å². The Bertz CT molecular complexity index is 1330.